The highest BCUT2D eigenvalue weighted by molar-refractivity contribution is 5.86. The third-order valence-corrected chi connectivity index (χ3v) is 15.6. The van der Waals surface area contributed by atoms with E-state index in [2.05, 4.69) is 34.6 Å². The fourth-order valence-electron chi connectivity index (χ4n) is 13.4. The smallest absolute Gasteiger partial charge is 0.186 e. The second-order valence-electron chi connectivity index (χ2n) is 18.5. The quantitative estimate of drug-likeness (QED) is 0.244. The maximum absolute atomic E-state index is 14.5. The van der Waals surface area contributed by atoms with Crippen LogP contribution in [0.5, 0.6) is 0 Å². The van der Waals surface area contributed by atoms with E-state index in [1.54, 1.807) is 13.8 Å². The van der Waals surface area contributed by atoms with Crippen LogP contribution in [0.15, 0.2) is 0 Å². The number of rotatable bonds is 5. The van der Waals surface area contributed by atoms with Gasteiger partial charge in [0.15, 0.2) is 6.29 Å². The molecule has 2 saturated heterocycles. The summed E-state index contributed by atoms with van der Waals surface area (Å²) in [6.45, 7) is 14.1. The third-order valence-electron chi connectivity index (χ3n) is 15.6. The predicted octanol–water partition coefficient (Wildman–Crippen LogP) is 2.47. The fraction of sp³-hybridized carbons (Fsp3) is 0.972. The van der Waals surface area contributed by atoms with Crippen molar-refractivity contribution in [1.82, 2.24) is 0 Å². The Morgan fingerprint density at radius 1 is 0.891 bits per heavy atom. The van der Waals surface area contributed by atoms with Crippen molar-refractivity contribution in [3.8, 4) is 0 Å². The lowest BCUT2D eigenvalue weighted by atomic mass is 9.41. The molecule has 46 heavy (non-hydrogen) atoms. The van der Waals surface area contributed by atoms with E-state index in [1.165, 1.54) is 0 Å². The van der Waals surface area contributed by atoms with Crippen molar-refractivity contribution in [2.24, 2.45) is 44.8 Å². The van der Waals surface area contributed by atoms with Crippen LogP contribution in [0.25, 0.3) is 0 Å². The summed E-state index contributed by atoms with van der Waals surface area (Å²) in [5.41, 5.74) is -2.66. The Morgan fingerprint density at radius 2 is 1.59 bits per heavy atom. The molecule has 0 radical (unpaired) electrons. The summed E-state index contributed by atoms with van der Waals surface area (Å²) in [4.78, 5) is 14.5. The summed E-state index contributed by atoms with van der Waals surface area (Å²) in [6, 6.07) is 0. The maximum atomic E-state index is 14.5. The van der Waals surface area contributed by atoms with Gasteiger partial charge in [0, 0.05) is 23.7 Å². The lowest BCUT2D eigenvalue weighted by molar-refractivity contribution is -0.325. The highest BCUT2D eigenvalue weighted by atomic mass is 16.7. The van der Waals surface area contributed by atoms with E-state index >= 15 is 0 Å². The third kappa shape index (κ3) is 4.17. The number of fused-ring (bicyclic) bond motifs is 2. The molecule has 16 atom stereocenters. The Bertz CT molecular complexity index is 1250. The van der Waals surface area contributed by atoms with Crippen LogP contribution in [0.1, 0.15) is 106 Å². The van der Waals surface area contributed by atoms with Crippen LogP contribution in [0.3, 0.4) is 0 Å². The van der Waals surface area contributed by atoms with E-state index in [0.717, 1.165) is 38.5 Å². The Hall–Kier alpha value is -0.690. The molecule has 0 bridgehead atoms. The molecule has 0 aromatic rings. The first-order chi connectivity index (χ1) is 21.2. The zero-order valence-electron chi connectivity index (χ0n) is 28.7. The van der Waals surface area contributed by atoms with Gasteiger partial charge in [0.2, 0.25) is 0 Å². The number of hydrogen-bond acceptors (Lipinski definition) is 10. The minimum atomic E-state index is -1.52. The van der Waals surface area contributed by atoms with Crippen molar-refractivity contribution in [1.29, 1.82) is 0 Å². The molecule has 10 heteroatoms. The molecule has 2 aliphatic heterocycles. The van der Waals surface area contributed by atoms with E-state index in [4.69, 9.17) is 14.2 Å². The van der Waals surface area contributed by atoms with E-state index in [0.29, 0.717) is 19.3 Å². The number of aliphatic hydroxyl groups is 6. The SMILES string of the molecule is CC(C)(O)C1CC[C@@](C)([C@H]2C(O)C[C@@]3(C)[C@@H]4CC(=O)[C@H]5C(C)(C)[C@@H](O[C@@H]6O[C@H](CO)[C@@H](O)[C@H](O)[C@H]6O)CC[C@@]56C[C@@]46CC[C@]23C)O1. The van der Waals surface area contributed by atoms with E-state index in [9.17, 15) is 35.4 Å². The first-order valence-electron chi connectivity index (χ1n) is 17.8. The number of carbonyl (C=O) groups excluding carboxylic acids is 1. The summed E-state index contributed by atoms with van der Waals surface area (Å²) in [5.74, 6) is 0.101. The van der Waals surface area contributed by atoms with Crippen LogP contribution in [0, 0.1) is 44.8 Å². The average molecular weight is 651 g/mol. The van der Waals surface area contributed by atoms with Crippen molar-refractivity contribution < 1.29 is 49.6 Å². The molecule has 2 unspecified atom stereocenters. The van der Waals surface area contributed by atoms with Gasteiger partial charge in [-0.2, -0.15) is 0 Å². The van der Waals surface area contributed by atoms with Gasteiger partial charge in [0.1, 0.15) is 30.2 Å². The number of ketones is 1. The molecule has 2 heterocycles. The number of Topliss-reactive ketones (excluding diaryl/α,β-unsaturated/α-hetero) is 1. The molecular formula is C36H58O10. The Labute approximate surface area is 273 Å². The maximum Gasteiger partial charge on any atom is 0.186 e. The molecule has 0 aromatic heterocycles. The average Bonchev–Trinajstić information content (AvgIpc) is 3.31. The zero-order valence-corrected chi connectivity index (χ0v) is 28.7. The van der Waals surface area contributed by atoms with Crippen molar-refractivity contribution in [3.63, 3.8) is 0 Å². The van der Waals surface area contributed by atoms with Crippen LogP contribution < -0.4 is 0 Å². The summed E-state index contributed by atoms with van der Waals surface area (Å²) in [7, 11) is 0. The molecule has 0 amide bonds. The van der Waals surface area contributed by atoms with Crippen molar-refractivity contribution >= 4 is 5.78 Å². The van der Waals surface area contributed by atoms with Gasteiger partial charge in [0.25, 0.3) is 0 Å². The first kappa shape index (κ1) is 33.8. The monoisotopic (exact) mass is 650 g/mol. The molecule has 262 valence electrons. The Kier molecular flexibility index (Phi) is 7.49. The van der Waals surface area contributed by atoms with Gasteiger partial charge in [-0.3, -0.25) is 4.79 Å². The van der Waals surface area contributed by atoms with Crippen molar-refractivity contribution in [2.75, 3.05) is 6.61 Å². The molecule has 7 rings (SSSR count). The highest BCUT2D eigenvalue weighted by Gasteiger charge is 2.85. The fourth-order valence-corrected chi connectivity index (χ4v) is 13.4. The minimum Gasteiger partial charge on any atom is -0.394 e. The molecular weight excluding hydrogens is 592 g/mol. The zero-order chi connectivity index (χ0) is 33.6. The topological polar surface area (TPSA) is 166 Å². The number of aliphatic hydroxyl groups excluding tert-OH is 5. The molecule has 5 saturated carbocycles. The molecule has 7 aliphatic rings. The summed E-state index contributed by atoms with van der Waals surface area (Å²) < 4.78 is 18.8. The largest absolute Gasteiger partial charge is 0.394 e. The standard InChI is InChI=1S/C36H58O10/c1-30(2)22(45-29-26(42)25(41)24(40)20(16-37)44-29)9-11-36-17-35(36)13-12-32(5)28(34(7)10-8-23(46-34)31(3,4)43)19(39)15-33(32,6)21(35)14-18(38)27(30)36/h19-29,37,39-43H,8-17H2,1-7H3/t19?,20-,21+,22+,23?,24-,25+,26-,27+,28+,29+,32-,33+,34+,35+,36-/m1/s1. The molecule has 2 spiro atoms. The first-order valence-corrected chi connectivity index (χ1v) is 17.8. The van der Waals surface area contributed by atoms with Gasteiger partial charge in [-0.05, 0) is 99.7 Å². The predicted molar refractivity (Wildman–Crippen MR) is 166 cm³/mol. The van der Waals surface area contributed by atoms with Crippen LogP contribution in [-0.4, -0.2) is 103 Å². The van der Waals surface area contributed by atoms with Crippen LogP contribution in [0.2, 0.25) is 0 Å². The lowest BCUT2D eigenvalue weighted by Crippen LogP contribution is -2.63. The van der Waals surface area contributed by atoms with Gasteiger partial charge in [-0.1, -0.05) is 27.7 Å². The van der Waals surface area contributed by atoms with E-state index in [-0.39, 0.29) is 51.3 Å². The molecule has 10 nitrogen and oxygen atoms in total. The van der Waals surface area contributed by atoms with Gasteiger partial charge in [-0.15, -0.1) is 0 Å². The highest BCUT2D eigenvalue weighted by Crippen LogP contribution is 2.88. The van der Waals surface area contributed by atoms with Gasteiger partial charge in [-0.25, -0.2) is 0 Å². The van der Waals surface area contributed by atoms with Gasteiger partial charge < -0.3 is 44.8 Å². The van der Waals surface area contributed by atoms with Crippen molar-refractivity contribution in [2.45, 2.75) is 166 Å². The van der Waals surface area contributed by atoms with E-state index in [1.807, 2.05) is 0 Å². The minimum absolute atomic E-state index is 0.0207. The summed E-state index contributed by atoms with van der Waals surface area (Å²) in [6.07, 6.45) is -0.850. The summed E-state index contributed by atoms with van der Waals surface area (Å²) >= 11 is 0. The normalized spacial score (nSPS) is 57.8. The second kappa shape index (κ2) is 10.2. The molecule has 7 fully saturated rings. The van der Waals surface area contributed by atoms with Gasteiger partial charge >= 0.3 is 0 Å². The molecule has 0 aromatic carbocycles. The molecule has 6 N–H and O–H groups in total. The van der Waals surface area contributed by atoms with Gasteiger partial charge in [0.05, 0.1) is 36.1 Å². The second-order valence-corrected chi connectivity index (χ2v) is 18.5. The van der Waals surface area contributed by atoms with Crippen LogP contribution in [0.4, 0.5) is 0 Å². The van der Waals surface area contributed by atoms with Crippen LogP contribution in [-0.2, 0) is 19.0 Å². The Balaban J connectivity index is 1.15. The Morgan fingerprint density at radius 3 is 2.22 bits per heavy atom. The van der Waals surface area contributed by atoms with Crippen LogP contribution >= 0.6 is 0 Å². The summed E-state index contributed by atoms with van der Waals surface area (Å²) in [5, 5.41) is 63.6. The number of hydrogen-bond donors (Lipinski definition) is 6. The van der Waals surface area contributed by atoms with Crippen molar-refractivity contribution in [3.05, 3.63) is 0 Å². The molecule has 5 aliphatic carbocycles. The van der Waals surface area contributed by atoms with E-state index < -0.39 is 66.1 Å². The lowest BCUT2D eigenvalue weighted by Gasteiger charge is -2.63. The number of carbonyl (C=O) groups is 1. The number of ether oxygens (including phenoxy) is 3.